The molecular formula is C36H44O4Si. The molecule has 0 aromatic heterocycles. The molecule has 0 radical (unpaired) electrons. The lowest BCUT2D eigenvalue weighted by molar-refractivity contribution is 0.267. The van der Waals surface area contributed by atoms with Crippen molar-refractivity contribution in [3.05, 3.63) is 119 Å². The lowest BCUT2D eigenvalue weighted by Crippen LogP contribution is -2.49. The van der Waals surface area contributed by atoms with Gasteiger partial charge in [-0.15, -0.1) is 0 Å². The van der Waals surface area contributed by atoms with Crippen LogP contribution in [0.15, 0.2) is 97.1 Å². The van der Waals surface area contributed by atoms with E-state index in [2.05, 4.69) is 121 Å². The predicted molar refractivity (Wildman–Crippen MR) is 171 cm³/mol. The lowest BCUT2D eigenvalue weighted by Gasteiger charge is -2.31. The molecule has 4 aromatic carbocycles. The maximum absolute atomic E-state index is 6.58. The first-order valence-electron chi connectivity index (χ1n) is 14.2. The van der Waals surface area contributed by atoms with Gasteiger partial charge in [-0.25, -0.2) is 0 Å². The van der Waals surface area contributed by atoms with Crippen LogP contribution in [0.2, 0.25) is 13.1 Å². The van der Waals surface area contributed by atoms with Crippen molar-refractivity contribution < 1.29 is 18.6 Å². The van der Waals surface area contributed by atoms with E-state index in [0.29, 0.717) is 0 Å². The van der Waals surface area contributed by atoms with Crippen LogP contribution >= 0.6 is 0 Å². The molecular weight excluding hydrogens is 524 g/mol. The van der Waals surface area contributed by atoms with E-state index >= 15 is 0 Å². The first-order valence-corrected chi connectivity index (χ1v) is 17.2. The van der Waals surface area contributed by atoms with Gasteiger partial charge in [0.15, 0.2) is 0 Å². The van der Waals surface area contributed by atoms with Crippen LogP contribution in [-0.4, -0.2) is 28.3 Å². The number of methoxy groups -OCH3 is 2. The summed E-state index contributed by atoms with van der Waals surface area (Å²) in [5, 5.41) is 0. The fourth-order valence-corrected chi connectivity index (χ4v) is 6.30. The molecule has 0 heterocycles. The SMILES string of the molecule is COc1ccc(C(C)(C)c2ccc(OC(C)[Si](C)(C)Oc3ccc(C(C)(C)c4ccc(OC)cc4)cc3)cc2)cc1. The monoisotopic (exact) mass is 568 g/mol. The Morgan fingerprint density at radius 2 is 0.780 bits per heavy atom. The molecule has 4 rings (SSSR count). The van der Waals surface area contributed by atoms with Crippen molar-refractivity contribution in [2.75, 3.05) is 14.2 Å². The van der Waals surface area contributed by atoms with Gasteiger partial charge in [-0.1, -0.05) is 76.2 Å². The Balaban J connectivity index is 1.40. The van der Waals surface area contributed by atoms with Crippen LogP contribution in [0.5, 0.6) is 23.0 Å². The molecule has 216 valence electrons. The van der Waals surface area contributed by atoms with E-state index in [1.807, 2.05) is 24.3 Å². The highest BCUT2D eigenvalue weighted by atomic mass is 28.4. The largest absolute Gasteiger partial charge is 0.540 e. The summed E-state index contributed by atoms with van der Waals surface area (Å²) >= 11 is 0. The summed E-state index contributed by atoms with van der Waals surface area (Å²) in [6.07, 6.45) is 0. The summed E-state index contributed by atoms with van der Waals surface area (Å²) in [6.45, 7) is 15.5. The highest BCUT2D eigenvalue weighted by Crippen LogP contribution is 2.35. The summed E-state index contributed by atoms with van der Waals surface area (Å²) in [4.78, 5) is 0. The smallest absolute Gasteiger partial charge is 0.284 e. The molecule has 4 aromatic rings. The Morgan fingerprint density at radius 3 is 1.10 bits per heavy atom. The zero-order valence-electron chi connectivity index (χ0n) is 25.9. The molecule has 0 spiro atoms. The first kappa shape index (κ1) is 30.3. The second kappa shape index (κ2) is 12.0. The van der Waals surface area contributed by atoms with E-state index in [1.165, 1.54) is 22.3 Å². The van der Waals surface area contributed by atoms with Crippen molar-refractivity contribution in [2.45, 2.75) is 64.3 Å². The number of benzene rings is 4. The fraction of sp³-hybridized carbons (Fsp3) is 0.333. The van der Waals surface area contributed by atoms with Crippen molar-refractivity contribution in [1.29, 1.82) is 0 Å². The van der Waals surface area contributed by atoms with E-state index in [9.17, 15) is 0 Å². The van der Waals surface area contributed by atoms with Crippen LogP contribution in [0, 0.1) is 0 Å². The quantitative estimate of drug-likeness (QED) is 0.169. The van der Waals surface area contributed by atoms with Crippen molar-refractivity contribution in [3.8, 4) is 23.0 Å². The van der Waals surface area contributed by atoms with Crippen molar-refractivity contribution in [3.63, 3.8) is 0 Å². The van der Waals surface area contributed by atoms with Gasteiger partial charge in [-0.2, -0.15) is 0 Å². The Hall–Kier alpha value is -3.70. The third-order valence-electron chi connectivity index (χ3n) is 8.45. The van der Waals surface area contributed by atoms with Gasteiger partial charge in [0.1, 0.15) is 28.7 Å². The zero-order valence-corrected chi connectivity index (χ0v) is 26.9. The second-order valence-corrected chi connectivity index (χ2v) is 16.4. The molecule has 0 saturated carbocycles. The molecule has 4 nitrogen and oxygen atoms in total. The molecule has 0 aliphatic carbocycles. The maximum atomic E-state index is 6.58. The topological polar surface area (TPSA) is 36.9 Å². The van der Waals surface area contributed by atoms with Gasteiger partial charge in [0.2, 0.25) is 0 Å². The lowest BCUT2D eigenvalue weighted by atomic mass is 9.78. The first-order chi connectivity index (χ1) is 19.4. The van der Waals surface area contributed by atoms with Gasteiger partial charge in [0.05, 0.1) is 14.2 Å². The van der Waals surface area contributed by atoms with Gasteiger partial charge in [-0.3, -0.25) is 0 Å². The van der Waals surface area contributed by atoms with Gasteiger partial charge >= 0.3 is 0 Å². The molecule has 41 heavy (non-hydrogen) atoms. The van der Waals surface area contributed by atoms with Crippen LogP contribution in [0.3, 0.4) is 0 Å². The normalized spacial score (nSPS) is 12.9. The zero-order chi connectivity index (χ0) is 29.8. The van der Waals surface area contributed by atoms with E-state index in [0.717, 1.165) is 23.0 Å². The van der Waals surface area contributed by atoms with Crippen LogP contribution in [-0.2, 0) is 10.8 Å². The highest BCUT2D eigenvalue weighted by Gasteiger charge is 2.35. The molecule has 0 aliphatic heterocycles. The molecule has 5 heteroatoms. The van der Waals surface area contributed by atoms with Gasteiger partial charge in [0, 0.05) is 10.8 Å². The van der Waals surface area contributed by atoms with Crippen molar-refractivity contribution in [2.24, 2.45) is 0 Å². The van der Waals surface area contributed by atoms with Gasteiger partial charge in [0.25, 0.3) is 8.32 Å². The Labute approximate surface area is 247 Å². The average molecular weight is 569 g/mol. The molecule has 1 atom stereocenters. The van der Waals surface area contributed by atoms with E-state index in [1.54, 1.807) is 14.2 Å². The van der Waals surface area contributed by atoms with Crippen molar-refractivity contribution in [1.82, 2.24) is 0 Å². The number of rotatable bonds is 11. The van der Waals surface area contributed by atoms with E-state index in [4.69, 9.17) is 18.6 Å². The van der Waals surface area contributed by atoms with Crippen LogP contribution in [0.4, 0.5) is 0 Å². The predicted octanol–water partition coefficient (Wildman–Crippen LogP) is 8.95. The molecule has 0 fully saturated rings. The Morgan fingerprint density at radius 1 is 0.488 bits per heavy atom. The maximum Gasteiger partial charge on any atom is 0.284 e. The highest BCUT2D eigenvalue weighted by molar-refractivity contribution is 6.73. The fourth-order valence-electron chi connectivity index (χ4n) is 4.97. The van der Waals surface area contributed by atoms with Gasteiger partial charge in [-0.05, 0) is 90.8 Å². The third kappa shape index (κ3) is 6.79. The van der Waals surface area contributed by atoms with Crippen LogP contribution in [0.25, 0.3) is 0 Å². The number of hydrogen-bond acceptors (Lipinski definition) is 4. The van der Waals surface area contributed by atoms with E-state index in [-0.39, 0.29) is 16.6 Å². The van der Waals surface area contributed by atoms with Gasteiger partial charge < -0.3 is 18.6 Å². The molecule has 1 unspecified atom stereocenters. The van der Waals surface area contributed by atoms with Crippen LogP contribution < -0.4 is 18.6 Å². The second-order valence-electron chi connectivity index (χ2n) is 12.2. The Kier molecular flexibility index (Phi) is 8.88. The van der Waals surface area contributed by atoms with E-state index < -0.39 is 8.32 Å². The summed E-state index contributed by atoms with van der Waals surface area (Å²) in [5.41, 5.74) is 4.62. The summed E-state index contributed by atoms with van der Waals surface area (Å²) in [7, 11) is 1.15. The molecule has 0 saturated heterocycles. The minimum Gasteiger partial charge on any atom is -0.540 e. The van der Waals surface area contributed by atoms with Crippen molar-refractivity contribution >= 4 is 8.32 Å². The Bertz CT molecular complexity index is 1400. The summed E-state index contributed by atoms with van der Waals surface area (Å²) in [6, 6.07) is 33.5. The standard InChI is InChI=1S/C36H44O4Si/c1-26(39-33-22-14-29(15-23-33)35(2,3)27-10-18-31(37-6)19-11-27)41(8,9)40-34-24-16-30(17-25-34)36(4,5)28-12-20-32(38-7)21-13-28/h10-26H,1-9H3. The molecule has 0 N–H and O–H groups in total. The van der Waals surface area contributed by atoms with Crippen LogP contribution in [0.1, 0.15) is 56.9 Å². The summed E-state index contributed by atoms with van der Waals surface area (Å²) in [5.74, 6) is 3.46. The number of hydrogen-bond donors (Lipinski definition) is 0. The molecule has 0 aliphatic rings. The number of ether oxygens (including phenoxy) is 3. The summed E-state index contributed by atoms with van der Waals surface area (Å²) < 4.78 is 23.6. The average Bonchev–Trinajstić information content (AvgIpc) is 2.97. The minimum atomic E-state index is -2.23. The molecule has 0 amide bonds. The minimum absolute atomic E-state index is 0.0432. The molecule has 0 bridgehead atoms. The third-order valence-corrected chi connectivity index (χ3v) is 11.3.